The molecule has 0 bridgehead atoms. The van der Waals surface area contributed by atoms with Gasteiger partial charge in [-0.3, -0.25) is 0 Å². The number of ether oxygens (including phenoxy) is 1. The molecule has 19 heavy (non-hydrogen) atoms. The second-order valence-electron chi connectivity index (χ2n) is 4.96. The van der Waals surface area contributed by atoms with Crippen LogP contribution in [0.25, 0.3) is 0 Å². The molecule has 1 aliphatic rings. The van der Waals surface area contributed by atoms with Gasteiger partial charge in [-0.1, -0.05) is 12.8 Å². The lowest BCUT2D eigenvalue weighted by atomic mass is 10.1. The number of nitrogens with one attached hydrogen (secondary N) is 1. The summed E-state index contributed by atoms with van der Waals surface area (Å²) in [5.74, 6) is 0.963. The van der Waals surface area contributed by atoms with Gasteiger partial charge in [0.1, 0.15) is 5.75 Å². The van der Waals surface area contributed by atoms with Crippen molar-refractivity contribution >= 4 is 5.69 Å². The normalized spacial score (nSPS) is 16.6. The Labute approximate surface area is 111 Å². The number of halogens is 3. The molecule has 0 radical (unpaired) electrons. The van der Waals surface area contributed by atoms with Crippen LogP contribution in [0.1, 0.15) is 25.7 Å². The first-order valence-corrected chi connectivity index (χ1v) is 6.56. The summed E-state index contributed by atoms with van der Waals surface area (Å²) >= 11 is 0. The minimum Gasteiger partial charge on any atom is -0.484 e. The van der Waals surface area contributed by atoms with E-state index >= 15 is 0 Å². The van der Waals surface area contributed by atoms with Gasteiger partial charge in [-0.2, -0.15) is 13.2 Å². The molecule has 2 nitrogen and oxygen atoms in total. The fourth-order valence-electron chi connectivity index (χ4n) is 2.31. The van der Waals surface area contributed by atoms with Crippen molar-refractivity contribution in [1.29, 1.82) is 0 Å². The summed E-state index contributed by atoms with van der Waals surface area (Å²) in [6, 6.07) is 6.62. The summed E-state index contributed by atoms with van der Waals surface area (Å²) in [4.78, 5) is 0. The lowest BCUT2D eigenvalue weighted by Crippen LogP contribution is -2.19. The van der Waals surface area contributed by atoms with Crippen LogP contribution in [-0.4, -0.2) is 19.3 Å². The van der Waals surface area contributed by atoms with Gasteiger partial charge >= 0.3 is 6.18 Å². The monoisotopic (exact) mass is 273 g/mol. The Balaban J connectivity index is 1.77. The molecule has 0 spiro atoms. The second-order valence-corrected chi connectivity index (χ2v) is 4.96. The third-order valence-electron chi connectivity index (χ3n) is 3.33. The van der Waals surface area contributed by atoms with Gasteiger partial charge in [0.15, 0.2) is 6.61 Å². The van der Waals surface area contributed by atoms with Crippen LogP contribution in [0.3, 0.4) is 0 Å². The van der Waals surface area contributed by atoms with Crippen molar-refractivity contribution < 1.29 is 17.9 Å². The standard InChI is InChI=1S/C14H18F3NO/c15-14(16,17)10-19-13-7-5-12(6-8-13)18-9-11-3-1-2-4-11/h5-8,11,18H,1-4,9-10H2. The highest BCUT2D eigenvalue weighted by molar-refractivity contribution is 5.46. The minimum absolute atomic E-state index is 0.240. The maximum absolute atomic E-state index is 12.0. The third kappa shape index (κ3) is 5.01. The lowest BCUT2D eigenvalue weighted by Gasteiger charge is -2.13. The fourth-order valence-corrected chi connectivity index (χ4v) is 2.31. The summed E-state index contributed by atoms with van der Waals surface area (Å²) in [5.41, 5.74) is 0.922. The Morgan fingerprint density at radius 3 is 2.32 bits per heavy atom. The maximum atomic E-state index is 12.0. The highest BCUT2D eigenvalue weighted by Crippen LogP contribution is 2.25. The number of benzene rings is 1. The van der Waals surface area contributed by atoms with Crippen molar-refractivity contribution in [3.63, 3.8) is 0 Å². The number of alkyl halides is 3. The van der Waals surface area contributed by atoms with Gasteiger partial charge < -0.3 is 10.1 Å². The summed E-state index contributed by atoms with van der Waals surface area (Å²) in [5, 5.41) is 3.31. The molecule has 0 aromatic heterocycles. The number of hydrogen-bond acceptors (Lipinski definition) is 2. The highest BCUT2D eigenvalue weighted by atomic mass is 19.4. The van der Waals surface area contributed by atoms with Gasteiger partial charge in [-0.15, -0.1) is 0 Å². The van der Waals surface area contributed by atoms with Crippen molar-refractivity contribution in [2.24, 2.45) is 5.92 Å². The molecule has 1 aromatic rings. The fraction of sp³-hybridized carbons (Fsp3) is 0.571. The molecule has 1 aromatic carbocycles. The van der Waals surface area contributed by atoms with Gasteiger partial charge in [-0.05, 0) is 43.0 Å². The largest absolute Gasteiger partial charge is 0.484 e. The van der Waals surface area contributed by atoms with Crippen molar-refractivity contribution in [2.75, 3.05) is 18.5 Å². The molecule has 0 aliphatic heterocycles. The van der Waals surface area contributed by atoms with Crippen LogP contribution >= 0.6 is 0 Å². The van der Waals surface area contributed by atoms with E-state index in [-0.39, 0.29) is 5.75 Å². The highest BCUT2D eigenvalue weighted by Gasteiger charge is 2.28. The smallest absolute Gasteiger partial charge is 0.422 e. The molecule has 106 valence electrons. The topological polar surface area (TPSA) is 21.3 Å². The van der Waals surface area contributed by atoms with Crippen molar-refractivity contribution in [3.05, 3.63) is 24.3 Å². The molecule has 1 fully saturated rings. The van der Waals surface area contributed by atoms with Gasteiger partial charge in [0.2, 0.25) is 0 Å². The number of hydrogen-bond donors (Lipinski definition) is 1. The molecule has 5 heteroatoms. The molecule has 1 N–H and O–H groups in total. The van der Waals surface area contributed by atoms with Crippen molar-refractivity contribution in [1.82, 2.24) is 0 Å². The molecule has 0 amide bonds. The second kappa shape index (κ2) is 6.17. The van der Waals surface area contributed by atoms with Crippen LogP contribution in [-0.2, 0) is 0 Å². The van der Waals surface area contributed by atoms with Crippen LogP contribution in [0.5, 0.6) is 5.75 Å². The van der Waals surface area contributed by atoms with Crippen LogP contribution in [0.2, 0.25) is 0 Å². The number of rotatable bonds is 5. The van der Waals surface area contributed by atoms with E-state index in [1.807, 2.05) is 0 Å². The van der Waals surface area contributed by atoms with Crippen LogP contribution in [0, 0.1) is 5.92 Å². The van der Waals surface area contributed by atoms with E-state index in [9.17, 15) is 13.2 Å². The Morgan fingerprint density at radius 1 is 1.11 bits per heavy atom. The SMILES string of the molecule is FC(F)(F)COc1ccc(NCC2CCCC2)cc1. The Bertz CT molecular complexity index is 383. The van der Waals surface area contributed by atoms with E-state index in [2.05, 4.69) is 10.1 Å². The number of anilines is 1. The molecular weight excluding hydrogens is 255 g/mol. The zero-order valence-corrected chi connectivity index (χ0v) is 10.7. The van der Waals surface area contributed by atoms with Gasteiger partial charge in [0, 0.05) is 12.2 Å². The van der Waals surface area contributed by atoms with Crippen LogP contribution < -0.4 is 10.1 Å². The molecule has 1 saturated carbocycles. The van der Waals surface area contributed by atoms with E-state index in [0.717, 1.165) is 18.2 Å². The lowest BCUT2D eigenvalue weighted by molar-refractivity contribution is -0.153. The molecule has 0 atom stereocenters. The molecule has 0 saturated heterocycles. The maximum Gasteiger partial charge on any atom is 0.422 e. The van der Waals surface area contributed by atoms with Crippen molar-refractivity contribution in [3.8, 4) is 5.75 Å². The van der Waals surface area contributed by atoms with E-state index in [0.29, 0.717) is 0 Å². The van der Waals surface area contributed by atoms with E-state index in [1.54, 1.807) is 24.3 Å². The predicted octanol–water partition coefficient (Wildman–Crippen LogP) is 4.23. The third-order valence-corrected chi connectivity index (χ3v) is 3.33. The summed E-state index contributed by atoms with van der Waals surface area (Å²) in [7, 11) is 0. The van der Waals surface area contributed by atoms with E-state index in [1.165, 1.54) is 25.7 Å². The van der Waals surface area contributed by atoms with E-state index < -0.39 is 12.8 Å². The zero-order chi connectivity index (χ0) is 13.7. The van der Waals surface area contributed by atoms with E-state index in [4.69, 9.17) is 0 Å². The average Bonchev–Trinajstić information content (AvgIpc) is 2.87. The van der Waals surface area contributed by atoms with Gasteiger partial charge in [0.05, 0.1) is 0 Å². The first-order chi connectivity index (χ1) is 9.03. The van der Waals surface area contributed by atoms with Gasteiger partial charge in [-0.25, -0.2) is 0 Å². The summed E-state index contributed by atoms with van der Waals surface area (Å²) in [6.45, 7) is -0.315. The molecule has 0 unspecified atom stereocenters. The Hall–Kier alpha value is -1.39. The minimum atomic E-state index is -4.29. The zero-order valence-electron chi connectivity index (χ0n) is 10.7. The summed E-state index contributed by atoms with van der Waals surface area (Å²) in [6.07, 6.45) is 0.839. The predicted molar refractivity (Wildman–Crippen MR) is 68.4 cm³/mol. The summed E-state index contributed by atoms with van der Waals surface area (Å²) < 4.78 is 40.6. The van der Waals surface area contributed by atoms with Crippen molar-refractivity contribution in [2.45, 2.75) is 31.9 Å². The molecule has 0 heterocycles. The quantitative estimate of drug-likeness (QED) is 0.866. The molecule has 1 aliphatic carbocycles. The van der Waals surface area contributed by atoms with Gasteiger partial charge in [0.25, 0.3) is 0 Å². The van der Waals surface area contributed by atoms with Crippen LogP contribution in [0.4, 0.5) is 18.9 Å². The molecular formula is C14H18F3NO. The first-order valence-electron chi connectivity index (χ1n) is 6.56. The average molecular weight is 273 g/mol. The van der Waals surface area contributed by atoms with Crippen LogP contribution in [0.15, 0.2) is 24.3 Å². The molecule has 2 rings (SSSR count). The Morgan fingerprint density at radius 2 is 1.74 bits per heavy atom. The Kier molecular flexibility index (Phi) is 4.56. The first kappa shape index (κ1) is 14.0.